The molecule has 1 aliphatic heterocycles. The Labute approximate surface area is 267 Å². The van der Waals surface area contributed by atoms with Crippen LogP contribution in [0.15, 0.2) is 0 Å². The van der Waals surface area contributed by atoms with Crippen LogP contribution in [0.3, 0.4) is 0 Å². The first-order valence-corrected chi connectivity index (χ1v) is 13.3. The maximum atomic E-state index is 12.4. The number of cyclic esters (lactones) is 8. The molecule has 0 amide bonds. The molecule has 0 bridgehead atoms. The molecule has 8 atom stereocenters. The van der Waals surface area contributed by atoms with Gasteiger partial charge in [0.1, 0.15) is 0 Å². The molecule has 0 aliphatic carbocycles. The zero-order valence-corrected chi connectivity index (χ0v) is 24.4. The maximum Gasteiger partial charge on any atom is 0.350 e. The van der Waals surface area contributed by atoms with Gasteiger partial charge in [0, 0.05) is 0 Å². The van der Waals surface area contributed by atoms with E-state index in [0.717, 1.165) is 0 Å². The number of aliphatic hydroxyl groups is 8. The molecule has 1 heterocycles. The number of hydrogen-bond acceptors (Lipinski definition) is 24. The van der Waals surface area contributed by atoms with Crippen molar-refractivity contribution in [1.82, 2.24) is 0 Å². The van der Waals surface area contributed by atoms with Crippen molar-refractivity contribution in [3.8, 4) is 0 Å². The lowest BCUT2D eigenvalue weighted by Crippen LogP contribution is -2.47. The van der Waals surface area contributed by atoms with E-state index in [9.17, 15) is 79.2 Å². The van der Waals surface area contributed by atoms with Crippen molar-refractivity contribution in [3.63, 3.8) is 0 Å². The van der Waals surface area contributed by atoms with Gasteiger partial charge in [-0.1, -0.05) is 0 Å². The van der Waals surface area contributed by atoms with Gasteiger partial charge in [-0.05, 0) is 0 Å². The average Bonchev–Trinajstić information content (AvgIpc) is 3.08. The van der Waals surface area contributed by atoms with E-state index in [1.54, 1.807) is 0 Å². The lowest BCUT2D eigenvalue weighted by atomic mass is 10.3. The Morgan fingerprint density at radius 1 is 0.250 bits per heavy atom. The minimum atomic E-state index is -2.35. The van der Waals surface area contributed by atoms with Crippen molar-refractivity contribution in [2.24, 2.45) is 0 Å². The topological polar surface area (TPSA) is 372 Å². The molecule has 8 unspecified atom stereocenters. The molecule has 8 N–H and O–H groups in total. The van der Waals surface area contributed by atoms with Crippen LogP contribution < -0.4 is 0 Å². The van der Waals surface area contributed by atoms with Crippen LogP contribution in [-0.2, 0) is 76.3 Å². The van der Waals surface area contributed by atoms with Crippen LogP contribution in [0, 0.1) is 0 Å². The summed E-state index contributed by atoms with van der Waals surface area (Å²) in [6, 6.07) is 0. The highest BCUT2D eigenvalue weighted by Crippen LogP contribution is 2.12. The van der Waals surface area contributed by atoms with E-state index in [4.69, 9.17) is 0 Å². The summed E-state index contributed by atoms with van der Waals surface area (Å²) in [6.07, 6.45) is -18.8. The molecule has 0 aromatic rings. The fraction of sp³-hybridized carbons (Fsp3) is 0.667. The SMILES string of the molecule is O=C1OC(CO)C(=O)OC(CO)C(=O)OC(CO)C(=O)OC(CO)C(=O)OC(CO)C(=O)OC(CO)C(=O)OC(CO)C(=O)OC1CO. The highest BCUT2D eigenvalue weighted by atomic mass is 16.7. The molecule has 0 aromatic carbocycles. The Balaban J connectivity index is 3.48. The third kappa shape index (κ3) is 11.9. The monoisotopic (exact) mass is 704 g/mol. The van der Waals surface area contributed by atoms with Gasteiger partial charge < -0.3 is 78.7 Å². The Morgan fingerprint density at radius 2 is 0.333 bits per heavy atom. The highest BCUT2D eigenvalue weighted by Gasteiger charge is 2.40. The Bertz CT molecular complexity index is 889. The van der Waals surface area contributed by atoms with Crippen molar-refractivity contribution >= 4 is 47.8 Å². The predicted octanol–water partition coefficient (Wildman–Crippen LogP) is -8.77. The summed E-state index contributed by atoms with van der Waals surface area (Å²) in [7, 11) is 0. The third-order valence-electron chi connectivity index (χ3n) is 5.50. The number of ether oxygens (including phenoxy) is 8. The average molecular weight is 704 g/mol. The standard InChI is InChI=1S/C24H32O24/c25-1-9-17(33)42-11(3-27)19(35)44-13(5-29)21(37)46-15(7-31)23(39)48-16(8-32)24(40)47-14(6-30)22(38)45-12(4-28)20(36)43-10(2-26)18(34)41-9/h9-16,25-32H,1-8H2. The van der Waals surface area contributed by atoms with E-state index < -0.39 is 149 Å². The van der Waals surface area contributed by atoms with Gasteiger partial charge >= 0.3 is 47.8 Å². The zero-order valence-electron chi connectivity index (χ0n) is 24.4. The van der Waals surface area contributed by atoms with E-state index in [1.165, 1.54) is 0 Å². The Morgan fingerprint density at radius 3 is 0.396 bits per heavy atom. The zero-order chi connectivity index (χ0) is 36.6. The van der Waals surface area contributed by atoms with Gasteiger partial charge in [0.25, 0.3) is 0 Å². The first-order valence-electron chi connectivity index (χ1n) is 13.3. The molecule has 0 aromatic heterocycles. The van der Waals surface area contributed by atoms with E-state index in [2.05, 4.69) is 37.9 Å². The van der Waals surface area contributed by atoms with Crippen LogP contribution in [0.25, 0.3) is 0 Å². The summed E-state index contributed by atoms with van der Waals surface area (Å²) in [5.74, 6) is -14.1. The van der Waals surface area contributed by atoms with E-state index >= 15 is 0 Å². The molecule has 1 aliphatic rings. The highest BCUT2D eigenvalue weighted by molar-refractivity contribution is 5.89. The molecule has 0 spiro atoms. The third-order valence-corrected chi connectivity index (χ3v) is 5.50. The number of carbonyl (C=O) groups is 8. The van der Waals surface area contributed by atoms with E-state index in [0.29, 0.717) is 0 Å². The van der Waals surface area contributed by atoms with Crippen molar-refractivity contribution in [2.45, 2.75) is 48.8 Å². The first-order chi connectivity index (χ1) is 22.7. The molecular formula is C24H32O24. The van der Waals surface area contributed by atoms with Gasteiger partial charge in [0.05, 0.1) is 52.9 Å². The summed E-state index contributed by atoms with van der Waals surface area (Å²) in [6.45, 7) is -11.1. The minimum absolute atomic E-state index is 1.39. The second kappa shape index (κ2) is 20.6. The van der Waals surface area contributed by atoms with Crippen molar-refractivity contribution in [1.29, 1.82) is 0 Å². The molecule has 1 fully saturated rings. The van der Waals surface area contributed by atoms with Gasteiger partial charge in [0.15, 0.2) is 0 Å². The van der Waals surface area contributed by atoms with E-state index in [-0.39, 0.29) is 0 Å². The van der Waals surface area contributed by atoms with E-state index in [1.807, 2.05) is 0 Å². The first kappa shape index (κ1) is 41.5. The van der Waals surface area contributed by atoms with Crippen LogP contribution in [0.4, 0.5) is 0 Å². The molecular weight excluding hydrogens is 672 g/mol. The summed E-state index contributed by atoms with van der Waals surface area (Å²) in [5.41, 5.74) is 0. The van der Waals surface area contributed by atoms with Gasteiger partial charge in [0.2, 0.25) is 48.8 Å². The van der Waals surface area contributed by atoms with Crippen LogP contribution >= 0.6 is 0 Å². The molecule has 48 heavy (non-hydrogen) atoms. The van der Waals surface area contributed by atoms with Crippen molar-refractivity contribution in [3.05, 3.63) is 0 Å². The summed E-state index contributed by atoms with van der Waals surface area (Å²) >= 11 is 0. The Hall–Kier alpha value is -4.56. The normalized spacial score (nSPS) is 29.5. The van der Waals surface area contributed by atoms with Gasteiger partial charge in [-0.3, -0.25) is 0 Å². The smallest absolute Gasteiger partial charge is 0.350 e. The maximum absolute atomic E-state index is 12.4. The van der Waals surface area contributed by atoms with Crippen molar-refractivity contribution < 1.29 is 117 Å². The lowest BCUT2D eigenvalue weighted by molar-refractivity contribution is -0.200. The van der Waals surface area contributed by atoms with Crippen molar-refractivity contribution in [2.75, 3.05) is 52.9 Å². The molecule has 0 saturated carbocycles. The lowest BCUT2D eigenvalue weighted by Gasteiger charge is -2.24. The molecule has 24 nitrogen and oxygen atoms in total. The van der Waals surface area contributed by atoms with Crippen LogP contribution in [0.1, 0.15) is 0 Å². The summed E-state index contributed by atoms with van der Waals surface area (Å²) in [4.78, 5) is 99.5. The molecule has 0 radical (unpaired) electrons. The second-order valence-electron chi connectivity index (χ2n) is 8.86. The van der Waals surface area contributed by atoms with Gasteiger partial charge in [-0.15, -0.1) is 0 Å². The number of esters is 8. The molecule has 24 heteroatoms. The minimum Gasteiger partial charge on any atom is -0.445 e. The molecule has 272 valence electrons. The van der Waals surface area contributed by atoms with Crippen LogP contribution in [-0.4, -0.2) is 190 Å². The van der Waals surface area contributed by atoms with Gasteiger partial charge in [-0.25, -0.2) is 38.4 Å². The quantitative estimate of drug-likeness (QED) is 0.0858. The van der Waals surface area contributed by atoms with Crippen LogP contribution in [0.2, 0.25) is 0 Å². The van der Waals surface area contributed by atoms with Crippen LogP contribution in [0.5, 0.6) is 0 Å². The molecule has 1 rings (SSSR count). The molecule has 1 saturated heterocycles. The fourth-order valence-corrected chi connectivity index (χ4v) is 3.01. The van der Waals surface area contributed by atoms with Gasteiger partial charge in [-0.2, -0.15) is 0 Å². The summed E-state index contributed by atoms with van der Waals surface area (Å²) < 4.78 is 36.7. The summed E-state index contributed by atoms with van der Waals surface area (Å²) in [5, 5.41) is 75.8. The fourth-order valence-electron chi connectivity index (χ4n) is 3.01. The predicted molar refractivity (Wildman–Crippen MR) is 136 cm³/mol. The number of carbonyl (C=O) groups excluding carboxylic acids is 8. The number of aliphatic hydroxyl groups excluding tert-OH is 8. The largest absolute Gasteiger partial charge is 0.445 e. The number of hydrogen-bond donors (Lipinski definition) is 8. The number of rotatable bonds is 8. The second-order valence-corrected chi connectivity index (χ2v) is 8.86. The Kier molecular flexibility index (Phi) is 17.8.